The molecule has 0 amide bonds. The molecule has 41 heavy (non-hydrogen) atoms. The van der Waals surface area contributed by atoms with Crippen molar-refractivity contribution in [1.29, 1.82) is 0 Å². The highest BCUT2D eigenvalue weighted by Crippen LogP contribution is 2.29. The van der Waals surface area contributed by atoms with E-state index in [1.807, 2.05) is 0 Å². The van der Waals surface area contributed by atoms with Crippen LogP contribution in [0.4, 0.5) is 17.1 Å². The lowest BCUT2D eigenvalue weighted by Gasteiger charge is -2.16. The van der Waals surface area contributed by atoms with Gasteiger partial charge in [0.15, 0.2) is 0 Å². The Kier molecular flexibility index (Phi) is 9.81. The van der Waals surface area contributed by atoms with Gasteiger partial charge in [-0.1, -0.05) is 66.8 Å². The zero-order valence-corrected chi connectivity index (χ0v) is 25.5. The van der Waals surface area contributed by atoms with E-state index in [4.69, 9.17) is 0 Å². The Morgan fingerprint density at radius 1 is 0.585 bits per heavy atom. The summed E-state index contributed by atoms with van der Waals surface area (Å²) in [5, 5.41) is 0. The van der Waals surface area contributed by atoms with Crippen molar-refractivity contribution in [3.63, 3.8) is 0 Å². The summed E-state index contributed by atoms with van der Waals surface area (Å²) in [5.41, 5.74) is 11.6. The van der Waals surface area contributed by atoms with E-state index >= 15 is 0 Å². The number of nitrogens with zero attached hydrogens (tertiary/aromatic N) is 4. The minimum atomic E-state index is 0.778. The van der Waals surface area contributed by atoms with Gasteiger partial charge in [-0.25, -0.2) is 0 Å². The second-order valence-electron chi connectivity index (χ2n) is 10.7. The van der Waals surface area contributed by atoms with Crippen LogP contribution in [0, 0.1) is 0 Å². The summed E-state index contributed by atoms with van der Waals surface area (Å²) in [6.45, 7) is 2.84. The average Bonchev–Trinajstić information content (AvgIpc) is 2.98. The standard InChI is InChI=1S/C37H42N4/c1-8-38-32-20-12-28(13-21-32)36(29-14-22-33(23-15-29)39(2)3)10-9-11-37(30-16-24-34(25-17-30)40(4)5)31-18-26-35(27-19-31)41(6)7/h9-27H,8H2,1-7H3. The molecule has 210 valence electrons. The van der Waals surface area contributed by atoms with Crippen molar-refractivity contribution in [2.24, 2.45) is 4.99 Å². The Hall–Kier alpha value is -4.57. The fraction of sp³-hybridized carbons (Fsp3) is 0.216. The van der Waals surface area contributed by atoms with Gasteiger partial charge in [0.2, 0.25) is 0 Å². The maximum Gasteiger partial charge on any atom is 0.0574 e. The number of aliphatic imine (C=N–C) groups is 1. The number of rotatable bonds is 9. The van der Waals surface area contributed by atoms with Crippen LogP contribution in [0.2, 0.25) is 0 Å². The average molecular weight is 543 g/mol. The molecule has 0 unspecified atom stereocenters. The zero-order valence-electron chi connectivity index (χ0n) is 25.5. The van der Waals surface area contributed by atoms with Gasteiger partial charge in [-0.2, -0.15) is 0 Å². The summed E-state index contributed by atoms with van der Waals surface area (Å²) in [4.78, 5) is 10.9. The minimum Gasteiger partial charge on any atom is -0.378 e. The molecule has 4 rings (SSSR count). The predicted molar refractivity (Wildman–Crippen MR) is 182 cm³/mol. The summed E-state index contributed by atoms with van der Waals surface area (Å²) >= 11 is 0. The molecule has 0 fully saturated rings. The molecular weight excluding hydrogens is 500 g/mol. The number of anilines is 3. The normalized spacial score (nSPS) is 12.5. The van der Waals surface area contributed by atoms with E-state index < -0.39 is 0 Å². The third kappa shape index (κ3) is 7.55. The van der Waals surface area contributed by atoms with Gasteiger partial charge < -0.3 is 14.7 Å². The zero-order chi connectivity index (χ0) is 29.4. The van der Waals surface area contributed by atoms with Crippen LogP contribution in [0.3, 0.4) is 0 Å². The third-order valence-corrected chi connectivity index (χ3v) is 7.13. The SMILES string of the molecule is CCN=C1C=CC(=C(C=CC=C(c2ccc(N(C)C)cc2)c2ccc(N(C)C)cc2)c2ccc(N(C)C)cc2)C=C1. The molecule has 1 aliphatic carbocycles. The van der Waals surface area contributed by atoms with E-state index in [0.717, 1.165) is 17.8 Å². The lowest BCUT2D eigenvalue weighted by atomic mass is 9.94. The molecule has 0 saturated carbocycles. The molecule has 3 aromatic carbocycles. The van der Waals surface area contributed by atoms with Crippen molar-refractivity contribution in [2.75, 3.05) is 63.5 Å². The van der Waals surface area contributed by atoms with E-state index in [0.29, 0.717) is 0 Å². The Morgan fingerprint density at radius 2 is 1.00 bits per heavy atom. The van der Waals surface area contributed by atoms with Crippen molar-refractivity contribution in [2.45, 2.75) is 6.92 Å². The van der Waals surface area contributed by atoms with Crippen LogP contribution in [-0.4, -0.2) is 54.5 Å². The highest BCUT2D eigenvalue weighted by Gasteiger charge is 2.09. The van der Waals surface area contributed by atoms with Gasteiger partial charge in [-0.05, 0) is 88.9 Å². The summed E-state index contributed by atoms with van der Waals surface area (Å²) in [7, 11) is 12.4. The molecule has 0 heterocycles. The number of hydrogen-bond donors (Lipinski definition) is 0. The maximum absolute atomic E-state index is 4.55. The molecule has 4 heteroatoms. The number of allylic oxidation sites excluding steroid dienone is 9. The molecule has 0 N–H and O–H groups in total. The third-order valence-electron chi connectivity index (χ3n) is 7.13. The minimum absolute atomic E-state index is 0.778. The van der Waals surface area contributed by atoms with Gasteiger partial charge in [0.1, 0.15) is 0 Å². The molecule has 0 bridgehead atoms. The van der Waals surface area contributed by atoms with E-state index in [1.54, 1.807) is 0 Å². The molecule has 0 radical (unpaired) electrons. The number of benzene rings is 3. The van der Waals surface area contributed by atoms with Crippen molar-refractivity contribution in [3.8, 4) is 0 Å². The molecule has 0 spiro atoms. The summed E-state index contributed by atoms with van der Waals surface area (Å²) in [5.74, 6) is 0. The van der Waals surface area contributed by atoms with Crippen LogP contribution in [0.25, 0.3) is 11.1 Å². The lowest BCUT2D eigenvalue weighted by Crippen LogP contribution is -2.08. The van der Waals surface area contributed by atoms with Gasteiger partial charge in [0.25, 0.3) is 0 Å². The second-order valence-corrected chi connectivity index (χ2v) is 10.7. The van der Waals surface area contributed by atoms with Gasteiger partial charge in [-0.3, -0.25) is 4.99 Å². The molecule has 0 aromatic heterocycles. The van der Waals surface area contributed by atoms with Crippen LogP contribution >= 0.6 is 0 Å². The first-order chi connectivity index (χ1) is 19.8. The van der Waals surface area contributed by atoms with Gasteiger partial charge in [0.05, 0.1) is 5.71 Å². The highest BCUT2D eigenvalue weighted by atomic mass is 15.1. The monoisotopic (exact) mass is 542 g/mol. The second kappa shape index (κ2) is 13.7. The van der Waals surface area contributed by atoms with E-state index in [1.165, 1.54) is 44.9 Å². The molecule has 4 nitrogen and oxygen atoms in total. The Labute approximate surface area is 246 Å². The molecule has 3 aromatic rings. The van der Waals surface area contributed by atoms with Crippen LogP contribution in [0.5, 0.6) is 0 Å². The predicted octanol–water partition coefficient (Wildman–Crippen LogP) is 7.91. The first-order valence-corrected chi connectivity index (χ1v) is 14.1. The van der Waals surface area contributed by atoms with Crippen molar-refractivity contribution < 1.29 is 0 Å². The van der Waals surface area contributed by atoms with Crippen LogP contribution in [0.1, 0.15) is 23.6 Å². The molecule has 1 aliphatic rings. The van der Waals surface area contributed by atoms with Gasteiger partial charge >= 0.3 is 0 Å². The molecular formula is C37H42N4. The Morgan fingerprint density at radius 3 is 1.39 bits per heavy atom. The summed E-state index contributed by atoms with van der Waals surface area (Å²) in [6.07, 6.45) is 15.1. The summed E-state index contributed by atoms with van der Waals surface area (Å²) < 4.78 is 0. The van der Waals surface area contributed by atoms with Crippen molar-refractivity contribution in [1.82, 2.24) is 0 Å². The Balaban J connectivity index is 1.78. The lowest BCUT2D eigenvalue weighted by molar-refractivity contribution is 1.13. The van der Waals surface area contributed by atoms with E-state index in [-0.39, 0.29) is 0 Å². The summed E-state index contributed by atoms with van der Waals surface area (Å²) in [6, 6.07) is 26.3. The molecule has 0 saturated heterocycles. The molecule has 0 atom stereocenters. The largest absolute Gasteiger partial charge is 0.378 e. The molecule has 0 aliphatic heterocycles. The first-order valence-electron chi connectivity index (χ1n) is 14.1. The fourth-order valence-electron chi connectivity index (χ4n) is 4.71. The maximum atomic E-state index is 4.55. The quantitative estimate of drug-likeness (QED) is 0.257. The smallest absolute Gasteiger partial charge is 0.0574 e. The highest BCUT2D eigenvalue weighted by molar-refractivity contribution is 6.07. The van der Waals surface area contributed by atoms with Crippen LogP contribution in [0.15, 0.2) is 126 Å². The number of hydrogen-bond acceptors (Lipinski definition) is 4. The van der Waals surface area contributed by atoms with E-state index in [9.17, 15) is 0 Å². The Bertz CT molecular complexity index is 1420. The fourth-order valence-corrected chi connectivity index (χ4v) is 4.71. The van der Waals surface area contributed by atoms with E-state index in [2.05, 4.69) is 184 Å². The van der Waals surface area contributed by atoms with Crippen molar-refractivity contribution >= 4 is 33.9 Å². The van der Waals surface area contributed by atoms with Gasteiger partial charge in [0, 0.05) is 65.9 Å². The van der Waals surface area contributed by atoms with Crippen molar-refractivity contribution in [3.05, 3.63) is 138 Å². The van der Waals surface area contributed by atoms with Gasteiger partial charge in [-0.15, -0.1) is 0 Å². The first kappa shape index (κ1) is 29.4. The van der Waals surface area contributed by atoms with Crippen LogP contribution < -0.4 is 14.7 Å². The van der Waals surface area contributed by atoms with Crippen LogP contribution in [-0.2, 0) is 0 Å². The topological polar surface area (TPSA) is 22.1 Å².